The van der Waals surface area contributed by atoms with E-state index >= 15 is 0 Å². The van der Waals surface area contributed by atoms with Gasteiger partial charge < -0.3 is 20.7 Å². The van der Waals surface area contributed by atoms with E-state index in [2.05, 4.69) is 0 Å². The Bertz CT molecular complexity index is 1060. The molecular formula is C24H21NO5. The molecule has 0 spiro atoms. The number of carboxylic acid groups (broad SMARTS) is 1. The maximum absolute atomic E-state index is 12.7. The summed E-state index contributed by atoms with van der Waals surface area (Å²) in [6.45, 7) is 0.00410. The van der Waals surface area contributed by atoms with Crippen LogP contribution in [0.4, 0.5) is 0 Å². The second-order valence-corrected chi connectivity index (χ2v) is 7.26. The van der Waals surface area contributed by atoms with Crippen molar-refractivity contribution in [3.8, 4) is 16.9 Å². The number of para-hydroxylation sites is 1. The highest BCUT2D eigenvalue weighted by Gasteiger charge is 2.37. The number of aromatic hydroxyl groups is 1. The van der Waals surface area contributed by atoms with Crippen molar-refractivity contribution in [2.75, 3.05) is 6.61 Å². The lowest BCUT2D eigenvalue weighted by atomic mass is 9.93. The zero-order valence-electron chi connectivity index (χ0n) is 16.1. The molecule has 4 rings (SSSR count). The quantitative estimate of drug-likeness (QED) is 0.430. The van der Waals surface area contributed by atoms with Crippen molar-refractivity contribution in [2.45, 2.75) is 12.0 Å². The number of nitrogens with two attached hydrogens (primary N) is 1. The maximum atomic E-state index is 12.7. The minimum Gasteiger partial charge on any atom is -0.508 e. The van der Waals surface area contributed by atoms with Gasteiger partial charge in [-0.05, 0) is 28.3 Å². The molecular weight excluding hydrogens is 382 g/mol. The molecule has 6 heteroatoms. The minimum atomic E-state index is -1.63. The van der Waals surface area contributed by atoms with E-state index in [4.69, 9.17) is 10.5 Å². The first-order chi connectivity index (χ1) is 14.5. The zero-order chi connectivity index (χ0) is 21.3. The fraction of sp³-hybridized carbons (Fsp3) is 0.167. The topological polar surface area (TPSA) is 110 Å². The summed E-state index contributed by atoms with van der Waals surface area (Å²) in [6.07, 6.45) is 0. The van der Waals surface area contributed by atoms with Gasteiger partial charge in [-0.25, -0.2) is 0 Å². The maximum Gasteiger partial charge on any atom is 0.322 e. The summed E-state index contributed by atoms with van der Waals surface area (Å²) in [4.78, 5) is 24.5. The van der Waals surface area contributed by atoms with Crippen molar-refractivity contribution in [3.05, 3.63) is 89.5 Å². The van der Waals surface area contributed by atoms with Crippen molar-refractivity contribution in [2.24, 2.45) is 11.7 Å². The number of aliphatic carboxylic acids is 1. The molecule has 6 nitrogen and oxygen atoms in total. The summed E-state index contributed by atoms with van der Waals surface area (Å²) in [7, 11) is 0. The highest BCUT2D eigenvalue weighted by Crippen LogP contribution is 2.44. The molecule has 152 valence electrons. The van der Waals surface area contributed by atoms with E-state index in [0.717, 1.165) is 22.3 Å². The highest BCUT2D eigenvalue weighted by molar-refractivity contribution is 5.95. The fourth-order valence-electron chi connectivity index (χ4n) is 4.04. The second kappa shape index (κ2) is 8.00. The summed E-state index contributed by atoms with van der Waals surface area (Å²) >= 11 is 0. The van der Waals surface area contributed by atoms with Gasteiger partial charge in [0.05, 0.1) is 6.04 Å². The molecule has 0 heterocycles. The summed E-state index contributed by atoms with van der Waals surface area (Å²) in [5.74, 6) is -4.31. The van der Waals surface area contributed by atoms with Gasteiger partial charge in [0.2, 0.25) is 0 Å². The predicted octanol–water partition coefficient (Wildman–Crippen LogP) is 3.45. The largest absolute Gasteiger partial charge is 0.508 e. The SMILES string of the molecule is NC(c1ccccc1O)[C@@H](C(=O)O)C(=O)OCC1c2ccccc2-c2ccccc21. The molecule has 0 aromatic heterocycles. The Morgan fingerprint density at radius 2 is 1.43 bits per heavy atom. The number of hydrogen-bond donors (Lipinski definition) is 3. The number of ether oxygens (including phenoxy) is 1. The molecule has 1 unspecified atom stereocenters. The van der Waals surface area contributed by atoms with E-state index in [9.17, 15) is 19.8 Å². The van der Waals surface area contributed by atoms with Crippen LogP contribution in [0.15, 0.2) is 72.8 Å². The van der Waals surface area contributed by atoms with Crippen LogP contribution in [-0.4, -0.2) is 28.8 Å². The van der Waals surface area contributed by atoms with Gasteiger partial charge in [0.25, 0.3) is 0 Å². The molecule has 30 heavy (non-hydrogen) atoms. The van der Waals surface area contributed by atoms with E-state index in [1.54, 1.807) is 12.1 Å². The number of hydrogen-bond acceptors (Lipinski definition) is 5. The van der Waals surface area contributed by atoms with E-state index in [0.29, 0.717) is 0 Å². The molecule has 0 saturated carbocycles. The fourth-order valence-corrected chi connectivity index (χ4v) is 4.04. The van der Waals surface area contributed by atoms with Gasteiger partial charge in [0.15, 0.2) is 5.92 Å². The smallest absolute Gasteiger partial charge is 0.322 e. The minimum absolute atomic E-state index is 0.00410. The van der Waals surface area contributed by atoms with E-state index in [-0.39, 0.29) is 23.8 Å². The summed E-state index contributed by atoms with van der Waals surface area (Å²) in [5, 5.41) is 19.6. The van der Waals surface area contributed by atoms with Crippen LogP contribution in [0, 0.1) is 5.92 Å². The van der Waals surface area contributed by atoms with Gasteiger partial charge in [0, 0.05) is 11.5 Å². The lowest BCUT2D eigenvalue weighted by Gasteiger charge is -2.21. The van der Waals surface area contributed by atoms with Crippen molar-refractivity contribution >= 4 is 11.9 Å². The van der Waals surface area contributed by atoms with Crippen LogP contribution in [0.3, 0.4) is 0 Å². The van der Waals surface area contributed by atoms with Crippen LogP contribution >= 0.6 is 0 Å². The molecule has 0 aliphatic heterocycles. The van der Waals surface area contributed by atoms with Crippen LogP contribution < -0.4 is 5.73 Å². The van der Waals surface area contributed by atoms with Crippen molar-refractivity contribution in [1.29, 1.82) is 0 Å². The highest BCUT2D eigenvalue weighted by atomic mass is 16.5. The number of esters is 1. The zero-order valence-corrected chi connectivity index (χ0v) is 16.1. The van der Waals surface area contributed by atoms with Gasteiger partial charge in [0.1, 0.15) is 12.4 Å². The number of benzene rings is 3. The van der Waals surface area contributed by atoms with Crippen LogP contribution in [0.2, 0.25) is 0 Å². The number of carbonyl (C=O) groups is 2. The Hall–Kier alpha value is -3.64. The molecule has 1 aliphatic carbocycles. The van der Waals surface area contributed by atoms with E-state index in [1.807, 2.05) is 48.5 Å². The van der Waals surface area contributed by atoms with Gasteiger partial charge in [-0.2, -0.15) is 0 Å². The van der Waals surface area contributed by atoms with Gasteiger partial charge in [-0.15, -0.1) is 0 Å². The summed E-state index contributed by atoms with van der Waals surface area (Å²) in [5.41, 5.74) is 10.4. The van der Waals surface area contributed by atoms with Crippen molar-refractivity contribution < 1.29 is 24.5 Å². The van der Waals surface area contributed by atoms with Gasteiger partial charge >= 0.3 is 11.9 Å². The molecule has 0 saturated heterocycles. The molecule has 3 aromatic carbocycles. The second-order valence-electron chi connectivity index (χ2n) is 7.26. The number of phenols is 1. The van der Waals surface area contributed by atoms with Gasteiger partial charge in [-0.1, -0.05) is 66.7 Å². The Morgan fingerprint density at radius 1 is 0.900 bits per heavy atom. The number of rotatable bonds is 6. The lowest BCUT2D eigenvalue weighted by Crippen LogP contribution is -2.36. The molecule has 2 atom stereocenters. The van der Waals surface area contributed by atoms with E-state index < -0.39 is 23.9 Å². The number of fused-ring (bicyclic) bond motifs is 3. The molecule has 0 amide bonds. The Balaban J connectivity index is 1.56. The number of carboxylic acids is 1. The molecule has 0 radical (unpaired) electrons. The average Bonchev–Trinajstić information content (AvgIpc) is 3.06. The van der Waals surface area contributed by atoms with Crippen molar-refractivity contribution in [3.63, 3.8) is 0 Å². The molecule has 0 fully saturated rings. The first kappa shape index (κ1) is 19.7. The third-order valence-electron chi connectivity index (χ3n) is 5.53. The molecule has 4 N–H and O–H groups in total. The third-order valence-corrected chi connectivity index (χ3v) is 5.53. The number of phenolic OH excluding ortho intramolecular Hbond substituents is 1. The van der Waals surface area contributed by atoms with Crippen LogP contribution in [0.25, 0.3) is 11.1 Å². The van der Waals surface area contributed by atoms with Crippen LogP contribution in [0.1, 0.15) is 28.7 Å². The Kier molecular flexibility index (Phi) is 5.25. The van der Waals surface area contributed by atoms with Gasteiger partial charge in [-0.3, -0.25) is 9.59 Å². The van der Waals surface area contributed by atoms with Crippen LogP contribution in [0.5, 0.6) is 5.75 Å². The molecule has 3 aromatic rings. The first-order valence-corrected chi connectivity index (χ1v) is 9.60. The normalized spacial score (nSPS) is 14.4. The monoisotopic (exact) mass is 403 g/mol. The average molecular weight is 403 g/mol. The molecule has 1 aliphatic rings. The Morgan fingerprint density at radius 3 is 2.00 bits per heavy atom. The summed E-state index contributed by atoms with van der Waals surface area (Å²) in [6, 6.07) is 20.6. The number of carbonyl (C=O) groups excluding carboxylic acids is 1. The van der Waals surface area contributed by atoms with Crippen LogP contribution in [-0.2, 0) is 14.3 Å². The lowest BCUT2D eigenvalue weighted by molar-refractivity contribution is -0.160. The Labute approximate surface area is 173 Å². The van der Waals surface area contributed by atoms with Crippen molar-refractivity contribution in [1.82, 2.24) is 0 Å². The molecule has 0 bridgehead atoms. The standard InChI is InChI=1S/C24H21NO5/c25-22(18-11-5-6-12-20(18)26)21(23(27)28)24(29)30-13-19-16-9-3-1-7-14(16)15-8-2-4-10-17(15)19/h1-12,19,21-22,26H,13,25H2,(H,27,28)/t21-,22?/m0/s1. The summed E-state index contributed by atoms with van der Waals surface area (Å²) < 4.78 is 5.46. The third kappa shape index (κ3) is 3.42. The first-order valence-electron chi connectivity index (χ1n) is 9.60. The predicted molar refractivity (Wildman–Crippen MR) is 111 cm³/mol. The van der Waals surface area contributed by atoms with E-state index in [1.165, 1.54) is 12.1 Å².